The van der Waals surface area contributed by atoms with Crippen molar-refractivity contribution in [3.63, 3.8) is 0 Å². The van der Waals surface area contributed by atoms with Crippen molar-refractivity contribution < 1.29 is 9.53 Å². The molecule has 0 aliphatic rings. The van der Waals surface area contributed by atoms with Crippen molar-refractivity contribution in [3.05, 3.63) is 29.8 Å². The van der Waals surface area contributed by atoms with Crippen molar-refractivity contribution in [2.24, 2.45) is 5.73 Å². The van der Waals surface area contributed by atoms with E-state index in [9.17, 15) is 4.79 Å². The third-order valence-corrected chi connectivity index (χ3v) is 3.05. The predicted octanol–water partition coefficient (Wildman–Crippen LogP) is 1.87. The maximum absolute atomic E-state index is 11.9. The summed E-state index contributed by atoms with van der Waals surface area (Å²) in [6.45, 7) is 2.62. The number of hydrogen-bond acceptors (Lipinski definition) is 3. The number of benzene rings is 1. The lowest BCUT2D eigenvalue weighted by atomic mass is 10.1. The number of methoxy groups -OCH3 is 1. The van der Waals surface area contributed by atoms with E-state index in [-0.39, 0.29) is 11.9 Å². The van der Waals surface area contributed by atoms with Crippen LogP contribution in [0.25, 0.3) is 0 Å². The second-order valence-electron chi connectivity index (χ2n) is 4.67. The van der Waals surface area contributed by atoms with Crippen LogP contribution in [0.2, 0.25) is 0 Å². The average Bonchev–Trinajstić information content (AvgIpc) is 2.43. The fraction of sp³-hybridized carbons (Fsp3) is 0.533. The standard InChI is InChI=1S/C15H24N2O2/c1-3-4-7-13(11-16)17-15(18)10-12-6-5-8-14(9-12)19-2/h5-6,8-9,13H,3-4,7,10-11,16H2,1-2H3,(H,17,18). The molecule has 0 spiro atoms. The molecule has 19 heavy (non-hydrogen) atoms. The van der Waals surface area contributed by atoms with Gasteiger partial charge in [0.25, 0.3) is 0 Å². The molecule has 0 saturated carbocycles. The summed E-state index contributed by atoms with van der Waals surface area (Å²) in [5, 5.41) is 2.98. The summed E-state index contributed by atoms with van der Waals surface area (Å²) in [5.41, 5.74) is 6.61. The quantitative estimate of drug-likeness (QED) is 0.753. The van der Waals surface area contributed by atoms with Crippen molar-refractivity contribution >= 4 is 5.91 Å². The van der Waals surface area contributed by atoms with Crippen LogP contribution < -0.4 is 15.8 Å². The molecule has 0 bridgehead atoms. The van der Waals surface area contributed by atoms with Crippen molar-refractivity contribution in [1.82, 2.24) is 5.32 Å². The van der Waals surface area contributed by atoms with Gasteiger partial charge in [-0.15, -0.1) is 0 Å². The molecule has 1 rings (SSSR count). The van der Waals surface area contributed by atoms with Gasteiger partial charge in [0.05, 0.1) is 13.5 Å². The van der Waals surface area contributed by atoms with E-state index < -0.39 is 0 Å². The first kappa shape index (κ1) is 15.5. The predicted molar refractivity (Wildman–Crippen MR) is 77.2 cm³/mol. The highest BCUT2D eigenvalue weighted by Gasteiger charge is 2.10. The zero-order valence-electron chi connectivity index (χ0n) is 11.8. The minimum absolute atomic E-state index is 0.0137. The zero-order chi connectivity index (χ0) is 14.1. The summed E-state index contributed by atoms with van der Waals surface area (Å²) in [5.74, 6) is 0.784. The van der Waals surface area contributed by atoms with Crippen LogP contribution >= 0.6 is 0 Å². The molecule has 0 aliphatic heterocycles. The summed E-state index contributed by atoms with van der Waals surface area (Å²) in [6, 6.07) is 7.64. The van der Waals surface area contributed by atoms with E-state index in [0.29, 0.717) is 13.0 Å². The van der Waals surface area contributed by atoms with Crippen LogP contribution in [0.1, 0.15) is 31.7 Å². The number of unbranched alkanes of at least 4 members (excludes halogenated alkanes) is 1. The molecule has 0 fully saturated rings. The highest BCUT2D eigenvalue weighted by atomic mass is 16.5. The molecule has 1 aromatic carbocycles. The Kier molecular flexibility index (Phi) is 6.97. The smallest absolute Gasteiger partial charge is 0.224 e. The maximum atomic E-state index is 11.9. The first-order chi connectivity index (χ1) is 9.19. The molecule has 1 unspecified atom stereocenters. The number of rotatable bonds is 8. The Morgan fingerprint density at radius 3 is 2.89 bits per heavy atom. The molecule has 0 radical (unpaired) electrons. The minimum atomic E-state index is 0.0137. The Labute approximate surface area is 115 Å². The number of amides is 1. The van der Waals surface area contributed by atoms with Crippen LogP contribution in [0.5, 0.6) is 5.75 Å². The number of carbonyl (C=O) groups is 1. The van der Waals surface area contributed by atoms with Gasteiger partial charge in [-0.05, 0) is 24.1 Å². The second kappa shape index (κ2) is 8.53. The number of ether oxygens (including phenoxy) is 1. The van der Waals surface area contributed by atoms with E-state index in [0.717, 1.165) is 30.6 Å². The van der Waals surface area contributed by atoms with Gasteiger partial charge in [-0.3, -0.25) is 4.79 Å². The number of nitrogens with one attached hydrogen (secondary N) is 1. The van der Waals surface area contributed by atoms with Crippen molar-refractivity contribution in [3.8, 4) is 5.75 Å². The molecular formula is C15H24N2O2. The molecule has 0 saturated heterocycles. The molecule has 106 valence electrons. The van der Waals surface area contributed by atoms with Crippen LogP contribution in [0.15, 0.2) is 24.3 Å². The molecule has 1 aromatic rings. The van der Waals surface area contributed by atoms with Crippen molar-refractivity contribution in [2.45, 2.75) is 38.6 Å². The first-order valence-corrected chi connectivity index (χ1v) is 6.82. The van der Waals surface area contributed by atoms with Gasteiger partial charge in [0.15, 0.2) is 0 Å². The third-order valence-electron chi connectivity index (χ3n) is 3.05. The third kappa shape index (κ3) is 5.75. The second-order valence-corrected chi connectivity index (χ2v) is 4.67. The summed E-state index contributed by atoms with van der Waals surface area (Å²) in [6.07, 6.45) is 3.50. The molecule has 1 atom stereocenters. The van der Waals surface area contributed by atoms with Crippen molar-refractivity contribution in [1.29, 1.82) is 0 Å². The summed E-state index contributed by atoms with van der Waals surface area (Å²) >= 11 is 0. The Morgan fingerprint density at radius 1 is 1.47 bits per heavy atom. The Hall–Kier alpha value is -1.55. The Balaban J connectivity index is 2.49. The summed E-state index contributed by atoms with van der Waals surface area (Å²) in [7, 11) is 1.62. The van der Waals surface area contributed by atoms with E-state index in [1.807, 2.05) is 24.3 Å². The van der Waals surface area contributed by atoms with Gasteiger partial charge in [-0.2, -0.15) is 0 Å². The molecule has 0 heterocycles. The normalized spacial score (nSPS) is 11.9. The van der Waals surface area contributed by atoms with E-state index in [1.54, 1.807) is 7.11 Å². The topological polar surface area (TPSA) is 64.3 Å². The van der Waals surface area contributed by atoms with Gasteiger partial charge in [0.2, 0.25) is 5.91 Å². The van der Waals surface area contributed by atoms with E-state index in [4.69, 9.17) is 10.5 Å². The fourth-order valence-corrected chi connectivity index (χ4v) is 1.95. The van der Waals surface area contributed by atoms with Crippen LogP contribution in [-0.2, 0) is 11.2 Å². The summed E-state index contributed by atoms with van der Waals surface area (Å²) in [4.78, 5) is 11.9. The Morgan fingerprint density at radius 2 is 2.26 bits per heavy atom. The van der Waals surface area contributed by atoms with Crippen LogP contribution in [0, 0.1) is 0 Å². The highest BCUT2D eigenvalue weighted by Crippen LogP contribution is 2.13. The molecule has 0 aromatic heterocycles. The number of hydrogen-bond donors (Lipinski definition) is 2. The molecule has 1 amide bonds. The fourth-order valence-electron chi connectivity index (χ4n) is 1.95. The SMILES string of the molecule is CCCCC(CN)NC(=O)Cc1cccc(OC)c1. The molecule has 0 aliphatic carbocycles. The molecular weight excluding hydrogens is 240 g/mol. The lowest BCUT2D eigenvalue weighted by molar-refractivity contribution is -0.121. The average molecular weight is 264 g/mol. The van der Waals surface area contributed by atoms with E-state index in [1.165, 1.54) is 0 Å². The number of nitrogens with two attached hydrogens (primary N) is 1. The molecule has 4 nitrogen and oxygen atoms in total. The first-order valence-electron chi connectivity index (χ1n) is 6.82. The van der Waals surface area contributed by atoms with Gasteiger partial charge in [-0.1, -0.05) is 31.9 Å². The van der Waals surface area contributed by atoms with E-state index in [2.05, 4.69) is 12.2 Å². The van der Waals surface area contributed by atoms with E-state index >= 15 is 0 Å². The maximum Gasteiger partial charge on any atom is 0.224 e. The van der Waals surface area contributed by atoms with Crippen LogP contribution in [0.4, 0.5) is 0 Å². The monoisotopic (exact) mass is 264 g/mol. The number of carbonyl (C=O) groups excluding carboxylic acids is 1. The molecule has 4 heteroatoms. The van der Waals surface area contributed by atoms with Gasteiger partial charge < -0.3 is 15.8 Å². The highest BCUT2D eigenvalue weighted by molar-refractivity contribution is 5.79. The zero-order valence-corrected chi connectivity index (χ0v) is 11.8. The van der Waals surface area contributed by atoms with Crippen LogP contribution in [-0.4, -0.2) is 25.6 Å². The lowest BCUT2D eigenvalue weighted by Crippen LogP contribution is -2.40. The lowest BCUT2D eigenvalue weighted by Gasteiger charge is -2.16. The van der Waals surface area contributed by atoms with Gasteiger partial charge in [0, 0.05) is 12.6 Å². The summed E-state index contributed by atoms with van der Waals surface area (Å²) < 4.78 is 5.14. The Bertz CT molecular complexity index is 393. The molecule has 3 N–H and O–H groups in total. The van der Waals surface area contributed by atoms with Crippen molar-refractivity contribution in [2.75, 3.05) is 13.7 Å². The minimum Gasteiger partial charge on any atom is -0.497 e. The van der Waals surface area contributed by atoms with Gasteiger partial charge >= 0.3 is 0 Å². The van der Waals surface area contributed by atoms with Crippen LogP contribution in [0.3, 0.4) is 0 Å². The largest absolute Gasteiger partial charge is 0.497 e. The van der Waals surface area contributed by atoms with Gasteiger partial charge in [-0.25, -0.2) is 0 Å². The van der Waals surface area contributed by atoms with Gasteiger partial charge in [0.1, 0.15) is 5.75 Å².